The predicted molar refractivity (Wildman–Crippen MR) is 252 cm³/mol. The zero-order valence-electron chi connectivity index (χ0n) is 28.3. The second-order valence-electron chi connectivity index (χ2n) is 9.77. The quantitative estimate of drug-likeness (QED) is 0.0653. The van der Waals surface area contributed by atoms with Crippen molar-refractivity contribution in [2.45, 2.75) is 23.3 Å². The molecule has 0 aliphatic heterocycles. The first kappa shape index (κ1) is 44.0. The topological polar surface area (TPSA) is 32.5 Å². The van der Waals surface area contributed by atoms with Gasteiger partial charge in [0, 0.05) is 41.4 Å². The highest BCUT2D eigenvalue weighted by Crippen LogP contribution is 2.41. The molecule has 0 fully saturated rings. The molecule has 53 heavy (non-hydrogen) atoms. The number of thioether (sulfide) groups is 4. The summed E-state index contributed by atoms with van der Waals surface area (Å²) in [6.45, 7) is 14.7. The minimum Gasteiger partial charge on any atom is -0.316 e. The van der Waals surface area contributed by atoms with Crippen LogP contribution in [0.25, 0.3) is 39.0 Å². The Hall–Kier alpha value is -1.75. The fourth-order valence-corrected chi connectivity index (χ4v) is 14.2. The Morgan fingerprint density at radius 1 is 0.566 bits per heavy atom. The van der Waals surface area contributed by atoms with E-state index in [-0.39, 0.29) is 0 Å². The minimum atomic E-state index is 0.580. The molecule has 0 atom stereocenters. The fourth-order valence-electron chi connectivity index (χ4n) is 3.83. The summed E-state index contributed by atoms with van der Waals surface area (Å²) in [6.07, 6.45) is 2.70. The van der Waals surface area contributed by atoms with E-state index in [0.29, 0.717) is 19.5 Å². The van der Waals surface area contributed by atoms with Gasteiger partial charge >= 0.3 is 0 Å². The van der Waals surface area contributed by atoms with Crippen LogP contribution in [0.3, 0.4) is 0 Å². The summed E-state index contributed by atoms with van der Waals surface area (Å²) < 4.78 is 6.41. The molecule has 0 saturated heterocycles. The summed E-state index contributed by atoms with van der Waals surface area (Å²) >= 11 is 22.9. The molecule has 7 heterocycles. The van der Waals surface area contributed by atoms with Crippen LogP contribution in [0.2, 0.25) is 0 Å². The van der Waals surface area contributed by atoms with Crippen molar-refractivity contribution < 1.29 is 0 Å². The number of thiophene rings is 7. The van der Waals surface area contributed by atoms with Crippen LogP contribution >= 0.6 is 142 Å². The molecule has 0 aliphatic rings. The van der Waals surface area contributed by atoms with Gasteiger partial charge < -0.3 is 9.69 Å². The van der Waals surface area contributed by atoms with Crippen molar-refractivity contribution >= 4 is 142 Å². The van der Waals surface area contributed by atoms with Gasteiger partial charge in [0.05, 0.1) is 38.2 Å². The molecule has 0 amide bonds. The van der Waals surface area contributed by atoms with Gasteiger partial charge in [-0.15, -0.1) is 126 Å². The minimum absolute atomic E-state index is 0.580. The van der Waals surface area contributed by atoms with E-state index >= 15 is 0 Å². The van der Waals surface area contributed by atoms with Gasteiger partial charge in [0.2, 0.25) is 13.1 Å². The summed E-state index contributed by atoms with van der Waals surface area (Å²) in [5, 5.41) is 14.8. The van der Waals surface area contributed by atoms with Crippen molar-refractivity contribution in [3.05, 3.63) is 128 Å². The monoisotopic (exact) mass is 961 g/mol. The number of nitriles is 1. The van der Waals surface area contributed by atoms with E-state index < -0.39 is 0 Å². The second-order valence-corrected chi connectivity index (χ2v) is 23.6. The van der Waals surface area contributed by atoms with Gasteiger partial charge in [-0.1, -0.05) is 18.2 Å². The maximum atomic E-state index is 8.54. The van der Waals surface area contributed by atoms with Gasteiger partial charge in [0.15, 0.2) is 0 Å². The number of hydrogen-bond acceptors (Lipinski definition) is 12. The van der Waals surface area contributed by atoms with Crippen molar-refractivity contribution in [2.24, 2.45) is 0 Å². The SMILES string of the molecule is Brc1cccs1.[C-]#[N+]CCSc1ccc(-c2ccc(SC)s2)s1.[C-]#[N+]CCSc1ccc(-c2ccc(SCCC#N)s2)s1.c1csc(-c2cccs2)c1. The van der Waals surface area contributed by atoms with Crippen molar-refractivity contribution in [1.29, 1.82) is 5.26 Å². The normalized spacial score (nSPS) is 10.0. The van der Waals surface area contributed by atoms with Gasteiger partial charge in [-0.05, 0) is 105 Å². The van der Waals surface area contributed by atoms with Crippen LogP contribution in [0.4, 0.5) is 0 Å². The van der Waals surface area contributed by atoms with Crippen LogP contribution < -0.4 is 0 Å². The van der Waals surface area contributed by atoms with Crippen LogP contribution in [-0.2, 0) is 0 Å². The molecule has 0 aromatic carbocycles. The largest absolute Gasteiger partial charge is 0.316 e. The van der Waals surface area contributed by atoms with Crippen molar-refractivity contribution in [3.8, 4) is 35.3 Å². The van der Waals surface area contributed by atoms with E-state index in [1.165, 1.54) is 49.9 Å². The van der Waals surface area contributed by atoms with Gasteiger partial charge in [-0.2, -0.15) is 5.26 Å². The van der Waals surface area contributed by atoms with E-state index in [1.807, 2.05) is 40.2 Å². The van der Waals surface area contributed by atoms with Gasteiger partial charge in [-0.3, -0.25) is 0 Å². The number of hydrogen-bond donors (Lipinski definition) is 0. The van der Waals surface area contributed by atoms with Gasteiger partial charge in [0.1, 0.15) is 0 Å². The lowest BCUT2D eigenvalue weighted by Gasteiger charge is -1.92. The summed E-state index contributed by atoms with van der Waals surface area (Å²) in [7, 11) is 0. The van der Waals surface area contributed by atoms with E-state index in [2.05, 4.69) is 122 Å². The average molecular weight is 963 g/mol. The number of rotatable bonds is 13. The highest BCUT2D eigenvalue weighted by molar-refractivity contribution is 9.11. The molecule has 0 unspecified atom stereocenters. The first-order chi connectivity index (χ1) is 26.0. The number of halogens is 1. The van der Waals surface area contributed by atoms with Crippen molar-refractivity contribution in [2.75, 3.05) is 36.6 Å². The van der Waals surface area contributed by atoms with Crippen LogP contribution in [0.1, 0.15) is 6.42 Å². The smallest absolute Gasteiger partial charge is 0.224 e. The lowest BCUT2D eigenvalue weighted by Crippen LogP contribution is -1.78. The molecule has 7 aromatic rings. The number of nitrogens with zero attached hydrogens (tertiary/aromatic N) is 3. The Balaban J connectivity index is 0.000000170. The zero-order valence-corrected chi connectivity index (χ0v) is 38.8. The van der Waals surface area contributed by atoms with Crippen LogP contribution in [0.15, 0.2) is 122 Å². The Morgan fingerprint density at radius 2 is 0.981 bits per heavy atom. The third-order valence-electron chi connectivity index (χ3n) is 6.14. The predicted octanol–water partition coefficient (Wildman–Crippen LogP) is 16.7. The molecule has 0 spiro atoms. The third-order valence-corrected chi connectivity index (χ3v) is 19.0. The van der Waals surface area contributed by atoms with E-state index in [4.69, 9.17) is 18.4 Å². The molecule has 0 aliphatic carbocycles. The van der Waals surface area contributed by atoms with E-state index in [9.17, 15) is 0 Å². The molecule has 7 rings (SSSR count). The van der Waals surface area contributed by atoms with E-state index in [0.717, 1.165) is 17.3 Å². The molecule has 0 saturated carbocycles. The maximum Gasteiger partial charge on any atom is 0.224 e. The van der Waals surface area contributed by atoms with Crippen molar-refractivity contribution in [1.82, 2.24) is 0 Å². The highest BCUT2D eigenvalue weighted by Gasteiger charge is 2.08. The lowest BCUT2D eigenvalue weighted by molar-refractivity contribution is 1.24. The van der Waals surface area contributed by atoms with Gasteiger partial charge in [0.25, 0.3) is 0 Å². The molecule has 3 nitrogen and oxygen atoms in total. The Bertz CT molecular complexity index is 2030. The zero-order chi connectivity index (χ0) is 37.5. The lowest BCUT2D eigenvalue weighted by atomic mass is 10.4. The Morgan fingerprint density at radius 3 is 1.30 bits per heavy atom. The van der Waals surface area contributed by atoms with Crippen LogP contribution in [0.5, 0.6) is 0 Å². The third kappa shape index (κ3) is 16.5. The molecular formula is C38H32BrN3S11. The van der Waals surface area contributed by atoms with Gasteiger partial charge in [-0.25, -0.2) is 13.1 Å². The first-order valence-electron chi connectivity index (χ1n) is 15.6. The summed E-state index contributed by atoms with van der Waals surface area (Å²) in [5.74, 6) is 2.62. The van der Waals surface area contributed by atoms with E-state index in [1.54, 1.807) is 104 Å². The standard InChI is InChI=1S/C14H12N2S4.C12H11NS4.C8H6S2.C4H3BrS/c1-16-8-10-18-14-6-4-12(20-14)11-3-5-13(19-11)17-9-2-7-15;1-13-7-8-15-12-6-4-10(17-12)9-3-5-11(14-2)16-9;1-3-7(9-5-1)8-4-2-6-10-8;5-4-2-1-3-6-4/h3-6H,2,8-10H2;3-6H,7-8H2,2H3;1-6H;1-3H. The molecular weight excluding hydrogens is 931 g/mol. The summed E-state index contributed by atoms with van der Waals surface area (Å²) in [6, 6.07) is 31.9. The Labute approximate surface area is 366 Å². The highest BCUT2D eigenvalue weighted by atomic mass is 79.9. The molecule has 0 radical (unpaired) electrons. The summed E-state index contributed by atoms with van der Waals surface area (Å²) in [5.41, 5.74) is 0. The summed E-state index contributed by atoms with van der Waals surface area (Å²) in [4.78, 5) is 14.7. The van der Waals surface area contributed by atoms with Crippen LogP contribution in [0, 0.1) is 24.5 Å². The molecule has 0 N–H and O–H groups in total. The molecule has 272 valence electrons. The fraction of sp³-hybridized carbons (Fsp3) is 0.184. The Kier molecular flexibility index (Phi) is 21.7. The molecule has 7 aromatic heterocycles. The maximum absolute atomic E-state index is 8.54. The average Bonchev–Trinajstić information content (AvgIpc) is 4.03. The molecule has 0 bridgehead atoms. The second kappa shape index (κ2) is 26.2. The molecule has 15 heteroatoms. The first-order valence-corrected chi connectivity index (χ1v) is 26.5. The van der Waals surface area contributed by atoms with Crippen molar-refractivity contribution in [3.63, 3.8) is 0 Å². The van der Waals surface area contributed by atoms with Crippen LogP contribution in [-0.4, -0.2) is 36.6 Å².